The lowest BCUT2D eigenvalue weighted by molar-refractivity contribution is -0.384. The van der Waals surface area contributed by atoms with Crippen molar-refractivity contribution in [2.45, 2.75) is 76.3 Å². The number of non-ortho nitro benzene ring substituents is 1. The first kappa shape index (κ1) is 27.1. The molecule has 0 radical (unpaired) electrons. The first-order valence-electron chi connectivity index (χ1n) is 10.9. The summed E-state index contributed by atoms with van der Waals surface area (Å²) in [4.78, 5) is 36.1. The van der Waals surface area contributed by atoms with Gasteiger partial charge in [0.2, 0.25) is 0 Å². The third kappa shape index (κ3) is 7.44. The van der Waals surface area contributed by atoms with Gasteiger partial charge in [-0.15, -0.1) is 11.8 Å². The summed E-state index contributed by atoms with van der Waals surface area (Å²) in [5.41, 5.74) is 0.618. The number of thioether (sulfide) groups is 1. The highest BCUT2D eigenvalue weighted by molar-refractivity contribution is 8.00. The predicted molar refractivity (Wildman–Crippen MR) is 130 cm³/mol. The summed E-state index contributed by atoms with van der Waals surface area (Å²) in [7, 11) is -2.05. The average molecular weight is 499 g/mol. The Labute approximate surface area is 200 Å². The van der Waals surface area contributed by atoms with Gasteiger partial charge in [0.05, 0.1) is 16.3 Å². The second-order valence-electron chi connectivity index (χ2n) is 9.83. The molecule has 1 fully saturated rings. The number of nitro groups is 1. The van der Waals surface area contributed by atoms with Gasteiger partial charge < -0.3 is 19.2 Å². The highest BCUT2D eigenvalue weighted by Gasteiger charge is 2.44. The number of likely N-dealkylation sites (tertiary alicyclic amines) is 1. The fraction of sp³-hybridized carbons (Fsp3) is 0.636. The lowest BCUT2D eigenvalue weighted by Gasteiger charge is -2.38. The van der Waals surface area contributed by atoms with E-state index in [9.17, 15) is 24.8 Å². The Kier molecular flexibility index (Phi) is 8.94. The van der Waals surface area contributed by atoms with Crippen molar-refractivity contribution in [2.24, 2.45) is 0 Å². The van der Waals surface area contributed by atoms with Crippen molar-refractivity contribution in [1.29, 1.82) is 0 Å². The van der Waals surface area contributed by atoms with E-state index < -0.39 is 30.6 Å². The summed E-state index contributed by atoms with van der Waals surface area (Å²) in [6, 6.07) is 5.65. The van der Waals surface area contributed by atoms with Crippen LogP contribution < -0.4 is 0 Å². The normalized spacial score (nSPS) is 19.9. The Balaban J connectivity index is 2.07. The van der Waals surface area contributed by atoms with E-state index in [1.54, 1.807) is 24.0 Å². The minimum absolute atomic E-state index is 0.00746. The molecule has 0 saturated carbocycles. The summed E-state index contributed by atoms with van der Waals surface area (Å²) in [6.45, 7) is 12.8. The Hall–Kier alpha value is -2.11. The second kappa shape index (κ2) is 10.9. The molecule has 1 aliphatic rings. The monoisotopic (exact) mass is 498 g/mol. The van der Waals surface area contributed by atoms with Crippen molar-refractivity contribution >= 4 is 37.8 Å². The molecule has 9 nitrogen and oxygen atoms in total. The number of hydrogen-bond donors (Lipinski definition) is 1. The molecule has 1 unspecified atom stereocenters. The molecule has 1 heterocycles. The fourth-order valence-corrected chi connectivity index (χ4v) is 5.53. The van der Waals surface area contributed by atoms with E-state index in [0.717, 1.165) is 0 Å². The summed E-state index contributed by atoms with van der Waals surface area (Å²) in [5.74, 6) is -0.420. The number of carbonyl (C=O) groups excluding carboxylic acids is 1. The number of carboxylic acid groups (broad SMARTS) is 1. The Bertz CT molecular complexity index is 857. The summed E-state index contributed by atoms with van der Waals surface area (Å²) < 4.78 is 12.0. The largest absolute Gasteiger partial charge is 0.480 e. The van der Waals surface area contributed by atoms with Crippen LogP contribution in [0.1, 0.15) is 39.7 Å². The Morgan fingerprint density at radius 3 is 2.42 bits per heavy atom. The third-order valence-corrected chi connectivity index (χ3v) is 12.1. The lowest BCUT2D eigenvalue weighted by atomic mass is 10.2. The van der Waals surface area contributed by atoms with Gasteiger partial charge in [0.25, 0.3) is 5.69 Å². The van der Waals surface area contributed by atoms with Gasteiger partial charge in [0.15, 0.2) is 8.32 Å². The molecule has 11 heteroatoms. The van der Waals surface area contributed by atoms with E-state index in [1.807, 2.05) is 0 Å². The van der Waals surface area contributed by atoms with Crippen LogP contribution in [0, 0.1) is 10.1 Å². The summed E-state index contributed by atoms with van der Waals surface area (Å²) in [6.07, 6.45) is -0.00909. The molecular formula is C22H34N2O7SSi. The van der Waals surface area contributed by atoms with Crippen LogP contribution in [0.15, 0.2) is 24.3 Å². The molecule has 1 aromatic rings. The highest BCUT2D eigenvalue weighted by Crippen LogP contribution is 2.39. The van der Waals surface area contributed by atoms with E-state index in [2.05, 4.69) is 33.9 Å². The topological polar surface area (TPSA) is 119 Å². The predicted octanol–water partition coefficient (Wildman–Crippen LogP) is 4.90. The standard InChI is InChI=1S/C22H34N2O7SSi/c1-15(20(25)26)32-14-18-11-19(31-33(5,6)22(2,3)4)12-23(18)21(27)30-13-16-7-9-17(10-8-16)24(28)29/h7-10,15,18-19H,11-14H2,1-6H3,(H,25,26)/t15?,18-,19-/m0/s1. The Morgan fingerprint density at radius 2 is 1.91 bits per heavy atom. The minimum Gasteiger partial charge on any atom is -0.480 e. The number of hydrogen-bond acceptors (Lipinski definition) is 7. The van der Waals surface area contributed by atoms with Crippen LogP contribution in [-0.4, -0.2) is 65.0 Å². The minimum atomic E-state index is -2.05. The van der Waals surface area contributed by atoms with Gasteiger partial charge in [-0.25, -0.2) is 4.79 Å². The maximum atomic E-state index is 12.9. The van der Waals surface area contributed by atoms with Crippen LogP contribution in [0.3, 0.4) is 0 Å². The van der Waals surface area contributed by atoms with Crippen LogP contribution in [0.5, 0.6) is 0 Å². The molecule has 1 N–H and O–H groups in total. The zero-order chi connectivity index (χ0) is 25.0. The molecule has 3 atom stereocenters. The van der Waals surface area contributed by atoms with Crippen LogP contribution in [0.4, 0.5) is 10.5 Å². The first-order valence-corrected chi connectivity index (χ1v) is 14.9. The van der Waals surface area contributed by atoms with Crippen LogP contribution in [0.25, 0.3) is 0 Å². The number of carbonyl (C=O) groups is 2. The van der Waals surface area contributed by atoms with Crippen LogP contribution >= 0.6 is 11.8 Å². The van der Waals surface area contributed by atoms with Crippen LogP contribution in [0.2, 0.25) is 18.1 Å². The Morgan fingerprint density at radius 1 is 1.30 bits per heavy atom. The van der Waals surface area contributed by atoms with E-state index in [0.29, 0.717) is 24.3 Å². The van der Waals surface area contributed by atoms with Gasteiger partial charge in [-0.3, -0.25) is 14.9 Å². The average Bonchev–Trinajstić information content (AvgIpc) is 3.11. The molecule has 0 spiro atoms. The lowest BCUT2D eigenvalue weighted by Crippen LogP contribution is -2.44. The molecule has 33 heavy (non-hydrogen) atoms. The molecule has 184 valence electrons. The van der Waals surface area contributed by atoms with E-state index >= 15 is 0 Å². The molecule has 2 rings (SSSR count). The van der Waals surface area contributed by atoms with Gasteiger partial charge in [0, 0.05) is 30.5 Å². The smallest absolute Gasteiger partial charge is 0.410 e. The van der Waals surface area contributed by atoms with E-state index in [4.69, 9.17) is 9.16 Å². The zero-order valence-electron chi connectivity index (χ0n) is 20.1. The molecule has 1 saturated heterocycles. The van der Waals surface area contributed by atoms with Gasteiger partial charge in [-0.1, -0.05) is 20.8 Å². The molecule has 1 amide bonds. The molecule has 0 aromatic heterocycles. The number of ether oxygens (including phenoxy) is 1. The number of amides is 1. The molecule has 0 bridgehead atoms. The van der Waals surface area contributed by atoms with Gasteiger partial charge in [-0.05, 0) is 49.2 Å². The second-order valence-corrected chi connectivity index (χ2v) is 16.0. The van der Waals surface area contributed by atoms with Crippen molar-refractivity contribution in [3.8, 4) is 0 Å². The fourth-order valence-electron chi connectivity index (χ4n) is 3.20. The number of nitro benzene ring substituents is 1. The van der Waals surface area contributed by atoms with E-state index in [1.165, 1.54) is 23.9 Å². The third-order valence-electron chi connectivity index (χ3n) is 6.27. The summed E-state index contributed by atoms with van der Waals surface area (Å²) in [5, 5.41) is 19.4. The van der Waals surface area contributed by atoms with Crippen molar-refractivity contribution < 1.29 is 28.8 Å². The molecule has 1 aliphatic heterocycles. The van der Waals surface area contributed by atoms with Gasteiger partial charge in [-0.2, -0.15) is 0 Å². The molecule has 1 aromatic carbocycles. The van der Waals surface area contributed by atoms with Crippen molar-refractivity contribution in [2.75, 3.05) is 12.3 Å². The SMILES string of the molecule is CC(SC[C@@H]1C[C@H](O[Si](C)(C)C(C)(C)C)CN1C(=O)OCc1ccc([N+](=O)[O-])cc1)C(=O)O. The van der Waals surface area contributed by atoms with Crippen molar-refractivity contribution in [3.63, 3.8) is 0 Å². The quantitative estimate of drug-likeness (QED) is 0.290. The zero-order valence-corrected chi connectivity index (χ0v) is 21.9. The maximum absolute atomic E-state index is 12.9. The number of aliphatic carboxylic acids is 1. The highest BCUT2D eigenvalue weighted by atomic mass is 32.2. The van der Waals surface area contributed by atoms with Gasteiger partial charge in [0.1, 0.15) is 6.61 Å². The number of benzene rings is 1. The van der Waals surface area contributed by atoms with Gasteiger partial charge >= 0.3 is 12.1 Å². The molecular weight excluding hydrogens is 464 g/mol. The van der Waals surface area contributed by atoms with E-state index in [-0.39, 0.29) is 29.5 Å². The first-order chi connectivity index (χ1) is 15.2. The van der Waals surface area contributed by atoms with Crippen molar-refractivity contribution in [1.82, 2.24) is 4.90 Å². The maximum Gasteiger partial charge on any atom is 0.410 e. The number of nitrogens with zero attached hydrogens (tertiary/aromatic N) is 2. The van der Waals surface area contributed by atoms with Crippen LogP contribution in [-0.2, 0) is 20.6 Å². The number of rotatable bonds is 9. The summed E-state index contributed by atoms with van der Waals surface area (Å²) >= 11 is 1.29. The number of carboxylic acids is 1. The van der Waals surface area contributed by atoms with Crippen molar-refractivity contribution in [3.05, 3.63) is 39.9 Å². The molecule has 0 aliphatic carbocycles.